The van der Waals surface area contributed by atoms with Crippen LogP contribution in [-0.2, 0) is 4.79 Å². The molecule has 1 N–H and O–H groups in total. The summed E-state index contributed by atoms with van der Waals surface area (Å²) in [6, 6.07) is 1.46. The normalized spacial score (nSPS) is 25.4. The van der Waals surface area contributed by atoms with E-state index >= 15 is 0 Å². The first-order chi connectivity index (χ1) is 9.15. The van der Waals surface area contributed by atoms with Crippen LogP contribution in [0.4, 0.5) is 0 Å². The summed E-state index contributed by atoms with van der Waals surface area (Å²) in [5, 5.41) is 3.93. The lowest BCUT2D eigenvalue weighted by Crippen LogP contribution is -2.49. The summed E-state index contributed by atoms with van der Waals surface area (Å²) >= 11 is 0. The number of hydrogen-bond donors (Lipinski definition) is 1. The second-order valence-electron chi connectivity index (χ2n) is 7.12. The van der Waals surface area contributed by atoms with Crippen molar-refractivity contribution in [1.82, 2.24) is 10.2 Å². The lowest BCUT2D eigenvalue weighted by atomic mass is 9.99. The summed E-state index contributed by atoms with van der Waals surface area (Å²) < 4.78 is 0. The van der Waals surface area contributed by atoms with Crippen molar-refractivity contribution in [3.8, 4) is 0 Å². The molecule has 0 aromatic heterocycles. The molecule has 3 rings (SSSR count). The molecular weight excluding hydrogens is 236 g/mol. The summed E-state index contributed by atoms with van der Waals surface area (Å²) in [6.07, 6.45) is 8.07. The fourth-order valence-corrected chi connectivity index (χ4v) is 3.47. The van der Waals surface area contributed by atoms with E-state index in [9.17, 15) is 4.79 Å². The van der Waals surface area contributed by atoms with Gasteiger partial charge in [0.2, 0.25) is 5.91 Å². The molecule has 3 nitrogen and oxygen atoms in total. The highest BCUT2D eigenvalue weighted by Crippen LogP contribution is 2.44. The smallest absolute Gasteiger partial charge is 0.225 e. The molecule has 0 radical (unpaired) electrons. The second kappa shape index (κ2) is 5.43. The molecule has 3 heteroatoms. The number of nitrogens with zero attached hydrogens (tertiary/aromatic N) is 1. The number of piperidine rings is 1. The van der Waals surface area contributed by atoms with Crippen LogP contribution in [0.3, 0.4) is 0 Å². The lowest BCUT2D eigenvalue weighted by Gasteiger charge is -2.35. The number of nitrogens with one attached hydrogen (secondary N) is 1. The minimum Gasteiger partial charge on any atom is -0.342 e. The van der Waals surface area contributed by atoms with Gasteiger partial charge < -0.3 is 10.2 Å². The van der Waals surface area contributed by atoms with Gasteiger partial charge in [0, 0.05) is 31.1 Å². The summed E-state index contributed by atoms with van der Waals surface area (Å²) in [7, 11) is 0. The van der Waals surface area contributed by atoms with Crippen molar-refractivity contribution in [2.45, 2.75) is 64.5 Å². The van der Waals surface area contributed by atoms with Gasteiger partial charge in [0.05, 0.1) is 0 Å². The third-order valence-corrected chi connectivity index (χ3v) is 4.99. The van der Waals surface area contributed by atoms with Gasteiger partial charge in [-0.1, -0.05) is 13.8 Å². The number of rotatable bonds is 5. The third kappa shape index (κ3) is 3.31. The van der Waals surface area contributed by atoms with Crippen molar-refractivity contribution < 1.29 is 4.79 Å². The number of carbonyl (C=O) groups excluding carboxylic acids is 1. The van der Waals surface area contributed by atoms with Crippen LogP contribution in [0.1, 0.15) is 52.4 Å². The maximum Gasteiger partial charge on any atom is 0.225 e. The number of amides is 1. The molecule has 19 heavy (non-hydrogen) atoms. The molecule has 0 aromatic rings. The first-order valence-corrected chi connectivity index (χ1v) is 8.20. The van der Waals surface area contributed by atoms with E-state index in [0.717, 1.165) is 43.8 Å². The van der Waals surface area contributed by atoms with Gasteiger partial charge in [-0.15, -0.1) is 0 Å². The molecule has 1 heterocycles. The quantitative estimate of drug-likeness (QED) is 0.827. The molecule has 0 aromatic carbocycles. The Morgan fingerprint density at radius 3 is 1.95 bits per heavy atom. The van der Waals surface area contributed by atoms with Crippen molar-refractivity contribution in [3.63, 3.8) is 0 Å². The zero-order valence-electron chi connectivity index (χ0n) is 12.4. The van der Waals surface area contributed by atoms with Gasteiger partial charge in [0.1, 0.15) is 0 Å². The number of likely N-dealkylation sites (tertiary alicyclic amines) is 1. The van der Waals surface area contributed by atoms with Crippen molar-refractivity contribution in [2.24, 2.45) is 17.8 Å². The molecule has 1 saturated heterocycles. The van der Waals surface area contributed by atoms with Crippen LogP contribution in [0, 0.1) is 17.8 Å². The minimum absolute atomic E-state index is 0.148. The van der Waals surface area contributed by atoms with Gasteiger partial charge in [-0.05, 0) is 50.4 Å². The standard InChI is InChI=1S/C16H28N2O/c1-11(2)16(19)18-9-7-14(8-10-18)17-15(12-3-4-12)13-5-6-13/h11-15,17H,3-10H2,1-2H3. The molecule has 108 valence electrons. The summed E-state index contributed by atoms with van der Waals surface area (Å²) in [5.41, 5.74) is 0. The van der Waals surface area contributed by atoms with E-state index in [0.29, 0.717) is 11.9 Å². The van der Waals surface area contributed by atoms with Crippen molar-refractivity contribution in [1.29, 1.82) is 0 Å². The van der Waals surface area contributed by atoms with E-state index in [1.807, 2.05) is 13.8 Å². The molecule has 0 bridgehead atoms. The topological polar surface area (TPSA) is 32.3 Å². The summed E-state index contributed by atoms with van der Waals surface area (Å²) in [5.74, 6) is 2.43. The van der Waals surface area contributed by atoms with Crippen LogP contribution < -0.4 is 5.32 Å². The Morgan fingerprint density at radius 1 is 1.00 bits per heavy atom. The molecule has 0 atom stereocenters. The van der Waals surface area contributed by atoms with E-state index in [-0.39, 0.29) is 5.92 Å². The minimum atomic E-state index is 0.148. The average molecular weight is 264 g/mol. The molecule has 1 aliphatic heterocycles. The van der Waals surface area contributed by atoms with Crippen LogP contribution in [-0.4, -0.2) is 36.0 Å². The third-order valence-electron chi connectivity index (χ3n) is 4.99. The maximum absolute atomic E-state index is 12.0. The highest BCUT2D eigenvalue weighted by Gasteiger charge is 2.42. The zero-order chi connectivity index (χ0) is 13.4. The molecule has 3 aliphatic rings. The van der Waals surface area contributed by atoms with Crippen LogP contribution in [0.2, 0.25) is 0 Å². The van der Waals surface area contributed by atoms with Crippen molar-refractivity contribution >= 4 is 5.91 Å². The van der Waals surface area contributed by atoms with Crippen LogP contribution in [0.5, 0.6) is 0 Å². The number of hydrogen-bond acceptors (Lipinski definition) is 2. The van der Waals surface area contributed by atoms with Crippen molar-refractivity contribution in [3.05, 3.63) is 0 Å². The van der Waals surface area contributed by atoms with E-state index in [1.54, 1.807) is 0 Å². The van der Waals surface area contributed by atoms with E-state index in [2.05, 4.69) is 10.2 Å². The van der Waals surface area contributed by atoms with Gasteiger partial charge in [0.15, 0.2) is 0 Å². The Balaban J connectivity index is 1.45. The Bertz CT molecular complexity index is 314. The SMILES string of the molecule is CC(C)C(=O)N1CCC(NC(C2CC2)C2CC2)CC1. The van der Waals surface area contributed by atoms with Gasteiger partial charge in [-0.2, -0.15) is 0 Å². The second-order valence-corrected chi connectivity index (χ2v) is 7.12. The zero-order valence-corrected chi connectivity index (χ0v) is 12.4. The van der Waals surface area contributed by atoms with Crippen molar-refractivity contribution in [2.75, 3.05) is 13.1 Å². The Hall–Kier alpha value is -0.570. The summed E-state index contributed by atoms with van der Waals surface area (Å²) in [6.45, 7) is 5.92. The molecule has 0 unspecified atom stereocenters. The van der Waals surface area contributed by atoms with Crippen LogP contribution in [0.15, 0.2) is 0 Å². The number of carbonyl (C=O) groups is 1. The lowest BCUT2D eigenvalue weighted by molar-refractivity contribution is -0.135. The molecule has 1 amide bonds. The Kier molecular flexibility index (Phi) is 3.84. The van der Waals surface area contributed by atoms with Gasteiger partial charge in [-0.25, -0.2) is 0 Å². The first kappa shape index (κ1) is 13.4. The highest BCUT2D eigenvalue weighted by molar-refractivity contribution is 5.78. The average Bonchev–Trinajstić information content (AvgIpc) is 3.29. The van der Waals surface area contributed by atoms with E-state index in [4.69, 9.17) is 0 Å². The first-order valence-electron chi connectivity index (χ1n) is 8.20. The predicted molar refractivity (Wildman–Crippen MR) is 76.8 cm³/mol. The van der Waals surface area contributed by atoms with Gasteiger partial charge in [0.25, 0.3) is 0 Å². The summed E-state index contributed by atoms with van der Waals surface area (Å²) in [4.78, 5) is 14.0. The maximum atomic E-state index is 12.0. The molecule has 2 saturated carbocycles. The van der Waals surface area contributed by atoms with E-state index < -0.39 is 0 Å². The molecule has 2 aliphatic carbocycles. The van der Waals surface area contributed by atoms with Gasteiger partial charge >= 0.3 is 0 Å². The predicted octanol–water partition coefficient (Wildman–Crippen LogP) is 2.41. The fourth-order valence-electron chi connectivity index (χ4n) is 3.47. The van der Waals surface area contributed by atoms with Crippen LogP contribution in [0.25, 0.3) is 0 Å². The Labute approximate surface area is 117 Å². The highest BCUT2D eigenvalue weighted by atomic mass is 16.2. The fraction of sp³-hybridized carbons (Fsp3) is 0.938. The molecular formula is C16H28N2O. The molecule has 3 fully saturated rings. The Morgan fingerprint density at radius 2 is 1.53 bits per heavy atom. The monoisotopic (exact) mass is 264 g/mol. The molecule has 0 spiro atoms. The van der Waals surface area contributed by atoms with E-state index in [1.165, 1.54) is 25.7 Å². The van der Waals surface area contributed by atoms with Gasteiger partial charge in [-0.3, -0.25) is 4.79 Å². The largest absolute Gasteiger partial charge is 0.342 e. The van der Waals surface area contributed by atoms with Crippen LogP contribution >= 0.6 is 0 Å².